The largest absolute Gasteiger partial charge is 0.496 e. The Morgan fingerprint density at radius 3 is 2.67 bits per heavy atom. The molecule has 2 aromatic rings. The molecule has 30 heavy (non-hydrogen) atoms. The summed E-state index contributed by atoms with van der Waals surface area (Å²) in [6.07, 6.45) is 2.49. The summed E-state index contributed by atoms with van der Waals surface area (Å²) in [6.45, 7) is 2.68. The van der Waals surface area contributed by atoms with Gasteiger partial charge in [-0.15, -0.1) is 0 Å². The predicted molar refractivity (Wildman–Crippen MR) is 116 cm³/mol. The van der Waals surface area contributed by atoms with Crippen LogP contribution < -0.4 is 9.64 Å². The van der Waals surface area contributed by atoms with Gasteiger partial charge < -0.3 is 14.4 Å². The molecule has 1 heterocycles. The Kier molecular flexibility index (Phi) is 8.25. The van der Waals surface area contributed by atoms with Crippen LogP contribution in [-0.4, -0.2) is 50.3 Å². The molecule has 1 aliphatic heterocycles. The normalized spacial score (nSPS) is 15.7. The highest BCUT2D eigenvalue weighted by Crippen LogP contribution is 2.22. The highest BCUT2D eigenvalue weighted by molar-refractivity contribution is 5.94. The summed E-state index contributed by atoms with van der Waals surface area (Å²) >= 11 is 0. The van der Waals surface area contributed by atoms with Crippen LogP contribution in [0.4, 0.5) is 5.69 Å². The number of ether oxygens (including phenoxy) is 2. The van der Waals surface area contributed by atoms with Crippen molar-refractivity contribution in [3.05, 3.63) is 60.2 Å². The van der Waals surface area contributed by atoms with Gasteiger partial charge in [-0.3, -0.25) is 9.69 Å². The van der Waals surface area contributed by atoms with E-state index >= 15 is 0 Å². The summed E-state index contributed by atoms with van der Waals surface area (Å²) in [5, 5.41) is 9.04. The van der Waals surface area contributed by atoms with Gasteiger partial charge in [0.1, 0.15) is 5.75 Å². The molecule has 1 aliphatic rings. The Balaban J connectivity index is 1.77. The molecule has 0 saturated carbocycles. The Hall–Kier alpha value is -2.88. The smallest absolute Gasteiger partial charge is 0.241 e. The highest BCUT2D eigenvalue weighted by atomic mass is 16.5. The number of benzene rings is 2. The zero-order chi connectivity index (χ0) is 21.2. The second-order valence-corrected chi connectivity index (χ2v) is 7.41. The minimum Gasteiger partial charge on any atom is -0.496 e. The number of carbonyl (C=O) groups is 1. The van der Waals surface area contributed by atoms with Crippen molar-refractivity contribution >= 4 is 11.6 Å². The zero-order valence-corrected chi connectivity index (χ0v) is 17.5. The first-order valence-corrected chi connectivity index (χ1v) is 10.4. The van der Waals surface area contributed by atoms with Crippen LogP contribution in [0.25, 0.3) is 0 Å². The quantitative estimate of drug-likeness (QED) is 0.602. The molecule has 0 N–H and O–H groups in total. The van der Waals surface area contributed by atoms with E-state index in [2.05, 4.69) is 11.0 Å². The number of hydrogen-bond acceptors (Lipinski definition) is 5. The molecule has 1 fully saturated rings. The first-order valence-electron chi connectivity index (χ1n) is 10.4. The van der Waals surface area contributed by atoms with E-state index in [0.29, 0.717) is 26.1 Å². The molecule has 3 rings (SSSR count). The van der Waals surface area contributed by atoms with Gasteiger partial charge in [0, 0.05) is 37.5 Å². The fourth-order valence-electron chi connectivity index (χ4n) is 3.78. The van der Waals surface area contributed by atoms with Crippen LogP contribution in [0.5, 0.6) is 5.75 Å². The van der Waals surface area contributed by atoms with E-state index in [-0.39, 0.29) is 18.6 Å². The molecule has 158 valence electrons. The third kappa shape index (κ3) is 6.06. The number of methoxy groups -OCH3 is 1. The molecular weight excluding hydrogens is 378 g/mol. The maximum absolute atomic E-state index is 13.3. The molecule has 0 aromatic heterocycles. The number of carbonyl (C=O) groups excluding carboxylic acids is 1. The lowest BCUT2D eigenvalue weighted by molar-refractivity contribution is -0.120. The Morgan fingerprint density at radius 1 is 1.20 bits per heavy atom. The van der Waals surface area contributed by atoms with Gasteiger partial charge >= 0.3 is 0 Å². The number of hydrogen-bond donors (Lipinski definition) is 0. The van der Waals surface area contributed by atoms with Crippen molar-refractivity contribution < 1.29 is 14.3 Å². The standard InChI is InChI=1S/C24H29N3O3/c1-29-23-13-6-5-9-20(23)17-26(18-22-12-7-16-30-22)19-24(28)27(15-8-14-25)21-10-3-2-4-11-21/h2-6,9-11,13,22H,7-8,12,15-19H2,1H3. The fourth-order valence-corrected chi connectivity index (χ4v) is 3.78. The molecule has 6 nitrogen and oxygen atoms in total. The van der Waals surface area contributed by atoms with Crippen molar-refractivity contribution in [2.24, 2.45) is 0 Å². The second-order valence-electron chi connectivity index (χ2n) is 7.41. The fraction of sp³-hybridized carbons (Fsp3) is 0.417. The van der Waals surface area contributed by atoms with Gasteiger partial charge in [0.15, 0.2) is 0 Å². The number of nitriles is 1. The van der Waals surface area contributed by atoms with Gasteiger partial charge in [0.2, 0.25) is 5.91 Å². The highest BCUT2D eigenvalue weighted by Gasteiger charge is 2.24. The second kappa shape index (κ2) is 11.3. The van der Waals surface area contributed by atoms with Gasteiger partial charge in [0.25, 0.3) is 0 Å². The first kappa shape index (κ1) is 21.8. The molecule has 1 saturated heterocycles. The van der Waals surface area contributed by atoms with Crippen molar-refractivity contribution in [3.63, 3.8) is 0 Å². The number of nitrogens with zero attached hydrogens (tertiary/aromatic N) is 3. The van der Waals surface area contributed by atoms with E-state index in [1.807, 2.05) is 54.6 Å². The average molecular weight is 408 g/mol. The van der Waals surface area contributed by atoms with Crippen molar-refractivity contribution in [3.8, 4) is 11.8 Å². The van der Waals surface area contributed by atoms with Crippen LogP contribution in [0, 0.1) is 11.3 Å². The van der Waals surface area contributed by atoms with Gasteiger partial charge in [0.05, 0.1) is 32.2 Å². The third-order valence-electron chi connectivity index (χ3n) is 5.25. The van der Waals surface area contributed by atoms with Crippen molar-refractivity contribution in [1.29, 1.82) is 5.26 Å². The lowest BCUT2D eigenvalue weighted by atomic mass is 10.1. The molecular formula is C24H29N3O3. The SMILES string of the molecule is COc1ccccc1CN(CC(=O)N(CCC#N)c1ccccc1)CC1CCCO1. The first-order chi connectivity index (χ1) is 14.7. The molecule has 0 radical (unpaired) electrons. The van der Waals surface area contributed by atoms with E-state index < -0.39 is 0 Å². The van der Waals surface area contributed by atoms with E-state index in [1.165, 1.54) is 0 Å². The monoisotopic (exact) mass is 407 g/mol. The van der Waals surface area contributed by atoms with E-state index in [9.17, 15) is 4.79 Å². The van der Waals surface area contributed by atoms with Gasteiger partial charge in [-0.05, 0) is 31.0 Å². The Labute approximate surface area is 178 Å². The lowest BCUT2D eigenvalue weighted by Gasteiger charge is -2.29. The van der Waals surface area contributed by atoms with Crippen LogP contribution in [0.15, 0.2) is 54.6 Å². The maximum atomic E-state index is 13.3. The minimum atomic E-state index is -0.0238. The summed E-state index contributed by atoms with van der Waals surface area (Å²) in [7, 11) is 1.66. The predicted octanol–water partition coefficient (Wildman–Crippen LogP) is 3.62. The van der Waals surface area contributed by atoms with Crippen LogP contribution in [0.3, 0.4) is 0 Å². The van der Waals surface area contributed by atoms with Crippen LogP contribution in [0.2, 0.25) is 0 Å². The van der Waals surface area contributed by atoms with Crippen molar-refractivity contribution in [2.45, 2.75) is 31.9 Å². The molecule has 1 amide bonds. The number of para-hydroxylation sites is 2. The molecule has 1 unspecified atom stereocenters. The lowest BCUT2D eigenvalue weighted by Crippen LogP contribution is -2.43. The van der Waals surface area contributed by atoms with E-state index in [4.69, 9.17) is 14.7 Å². The van der Waals surface area contributed by atoms with E-state index in [0.717, 1.165) is 36.4 Å². The molecule has 1 atom stereocenters. The Morgan fingerprint density at radius 2 is 1.97 bits per heavy atom. The number of anilines is 1. The van der Waals surface area contributed by atoms with Crippen molar-refractivity contribution in [1.82, 2.24) is 4.90 Å². The van der Waals surface area contributed by atoms with Crippen LogP contribution in [-0.2, 0) is 16.1 Å². The summed E-state index contributed by atoms with van der Waals surface area (Å²) in [5.74, 6) is 0.788. The van der Waals surface area contributed by atoms with E-state index in [1.54, 1.807) is 12.0 Å². The van der Waals surface area contributed by atoms with Crippen LogP contribution >= 0.6 is 0 Å². The van der Waals surface area contributed by atoms with Crippen LogP contribution in [0.1, 0.15) is 24.8 Å². The average Bonchev–Trinajstić information content (AvgIpc) is 3.28. The topological polar surface area (TPSA) is 65.8 Å². The minimum absolute atomic E-state index is 0.0238. The zero-order valence-electron chi connectivity index (χ0n) is 17.5. The molecule has 0 spiro atoms. The molecule has 6 heteroatoms. The molecule has 0 bridgehead atoms. The van der Waals surface area contributed by atoms with Gasteiger partial charge in [-0.25, -0.2) is 0 Å². The number of amides is 1. The molecule has 2 aromatic carbocycles. The maximum Gasteiger partial charge on any atom is 0.241 e. The molecule has 0 aliphatic carbocycles. The summed E-state index contributed by atoms with van der Waals surface area (Å²) in [5.41, 5.74) is 1.85. The summed E-state index contributed by atoms with van der Waals surface area (Å²) in [6, 6.07) is 19.6. The van der Waals surface area contributed by atoms with Crippen molar-refractivity contribution in [2.75, 3.05) is 38.3 Å². The van der Waals surface area contributed by atoms with Gasteiger partial charge in [-0.1, -0.05) is 36.4 Å². The Bertz CT molecular complexity index is 844. The number of rotatable bonds is 10. The summed E-state index contributed by atoms with van der Waals surface area (Å²) in [4.78, 5) is 17.1. The summed E-state index contributed by atoms with van der Waals surface area (Å²) < 4.78 is 11.3. The third-order valence-corrected chi connectivity index (χ3v) is 5.25. The van der Waals surface area contributed by atoms with Gasteiger partial charge in [-0.2, -0.15) is 5.26 Å².